The van der Waals surface area contributed by atoms with Gasteiger partial charge in [-0.1, -0.05) is 114 Å². The Bertz CT molecular complexity index is 1400. The molecule has 0 saturated heterocycles. The van der Waals surface area contributed by atoms with E-state index in [1.165, 1.54) is 0 Å². The van der Waals surface area contributed by atoms with Gasteiger partial charge in [-0.25, -0.2) is 0 Å². The van der Waals surface area contributed by atoms with Crippen LogP contribution >= 0.6 is 0 Å². The third kappa shape index (κ3) is 8.99. The van der Waals surface area contributed by atoms with Crippen molar-refractivity contribution < 1.29 is 33.3 Å². The fourth-order valence-corrected chi connectivity index (χ4v) is 7.24. The first-order valence-corrected chi connectivity index (χ1v) is 19.5. The van der Waals surface area contributed by atoms with E-state index in [0.29, 0.717) is 0 Å². The molecule has 1 saturated carbocycles. The van der Waals surface area contributed by atoms with Gasteiger partial charge in [-0.2, -0.15) is 0 Å². The Labute approximate surface area is 282 Å². The van der Waals surface area contributed by atoms with Gasteiger partial charge >= 0.3 is 0 Å². The van der Waals surface area contributed by atoms with Crippen molar-refractivity contribution in [2.45, 2.75) is 110 Å². The first kappa shape index (κ1) is 37.0. The van der Waals surface area contributed by atoms with Gasteiger partial charge in [0.2, 0.25) is 0 Å². The topological polar surface area (TPSA) is 83.5 Å². The van der Waals surface area contributed by atoms with Crippen LogP contribution in [-0.4, -0.2) is 56.8 Å². The second-order valence-corrected chi connectivity index (χ2v) is 19.6. The second-order valence-electron chi connectivity index (χ2n) is 14.9. The molecule has 0 amide bonds. The van der Waals surface area contributed by atoms with Crippen LogP contribution < -0.4 is 4.74 Å². The number of methoxy groups -OCH3 is 1. The van der Waals surface area contributed by atoms with Crippen LogP contribution in [0.4, 0.5) is 0 Å². The van der Waals surface area contributed by atoms with E-state index < -0.39 is 50.2 Å². The zero-order valence-corrected chi connectivity index (χ0v) is 30.6. The maximum absolute atomic E-state index is 14.5. The van der Waals surface area contributed by atoms with E-state index >= 15 is 0 Å². The Morgan fingerprint density at radius 3 is 1.74 bits per heavy atom. The molecule has 0 aromatic heterocycles. The number of aliphatic hydroxyl groups excluding tert-OH is 1. The number of hydrogen-bond donors (Lipinski definition) is 1. The summed E-state index contributed by atoms with van der Waals surface area (Å²) in [6.45, 7) is 17.6. The van der Waals surface area contributed by atoms with Gasteiger partial charge < -0.3 is 28.5 Å². The van der Waals surface area contributed by atoms with Crippen molar-refractivity contribution in [1.82, 2.24) is 0 Å². The van der Waals surface area contributed by atoms with Crippen LogP contribution in [0.5, 0.6) is 5.75 Å². The zero-order valence-electron chi connectivity index (χ0n) is 29.6. The summed E-state index contributed by atoms with van der Waals surface area (Å²) in [6.07, 6.45) is -4.27. The van der Waals surface area contributed by atoms with E-state index in [1.807, 2.05) is 84.9 Å². The smallest absolute Gasteiger partial charge is 0.192 e. The summed E-state index contributed by atoms with van der Waals surface area (Å²) < 4.78 is 32.6. The van der Waals surface area contributed by atoms with Crippen molar-refractivity contribution in [3.8, 4) is 5.75 Å². The fourth-order valence-electron chi connectivity index (χ4n) is 5.82. The van der Waals surface area contributed by atoms with Gasteiger partial charge in [0, 0.05) is 11.3 Å². The molecule has 3 aromatic carbocycles. The van der Waals surface area contributed by atoms with Gasteiger partial charge in [-0.3, -0.25) is 4.79 Å². The van der Waals surface area contributed by atoms with E-state index in [0.717, 1.165) is 22.4 Å². The number of Topliss-reactive ketones (excluding diaryl/α,β-unsaturated/α-hetero) is 1. The third-order valence-electron chi connectivity index (χ3n) is 9.99. The van der Waals surface area contributed by atoms with Crippen LogP contribution in [0.1, 0.15) is 58.2 Å². The molecule has 3 aromatic rings. The molecule has 1 aliphatic carbocycles. The zero-order chi connectivity index (χ0) is 34.4. The van der Waals surface area contributed by atoms with Crippen molar-refractivity contribution in [3.05, 3.63) is 102 Å². The summed E-state index contributed by atoms with van der Waals surface area (Å²) in [6, 6.07) is 27.4. The summed E-state index contributed by atoms with van der Waals surface area (Å²) >= 11 is 0. The van der Waals surface area contributed by atoms with Crippen LogP contribution in [0, 0.1) is 11.3 Å². The molecule has 0 spiro atoms. The summed E-state index contributed by atoms with van der Waals surface area (Å²) in [4.78, 5) is 14.5. The Balaban J connectivity index is 1.80. The van der Waals surface area contributed by atoms with Gasteiger partial charge in [0.25, 0.3) is 0 Å². The number of rotatable bonds is 12. The summed E-state index contributed by atoms with van der Waals surface area (Å²) in [5.74, 6) is -0.245. The van der Waals surface area contributed by atoms with E-state index in [9.17, 15) is 9.90 Å². The molecule has 256 valence electrons. The lowest BCUT2D eigenvalue weighted by molar-refractivity contribution is -0.220. The Kier molecular flexibility index (Phi) is 12.3. The monoisotopic (exact) mass is 662 g/mol. The van der Waals surface area contributed by atoms with E-state index in [2.05, 4.69) is 47.7 Å². The van der Waals surface area contributed by atoms with Crippen LogP contribution in [0.25, 0.3) is 0 Å². The Hall–Kier alpha value is -2.85. The SMILES string of the molecule is COc1ccc(CO[C@H]2[C@@H](OCc3ccccc3)[C@H](O)[C@@H](C)C(=O)[C@H](OCc3ccccc3)[C@H](O[Si](C)(C)C(C)(C)C)C2(C)C)cc1. The highest BCUT2D eigenvalue weighted by atomic mass is 28.4. The van der Waals surface area contributed by atoms with Crippen LogP contribution in [0.15, 0.2) is 84.9 Å². The normalized spacial score (nSPS) is 25.2. The highest BCUT2D eigenvalue weighted by Crippen LogP contribution is 2.46. The molecule has 0 aliphatic heterocycles. The molecule has 1 fully saturated rings. The van der Waals surface area contributed by atoms with Crippen molar-refractivity contribution in [3.63, 3.8) is 0 Å². The number of carbonyl (C=O) groups excluding carboxylic acids is 1. The lowest BCUT2D eigenvalue weighted by Gasteiger charge is -2.52. The number of aliphatic hydroxyl groups is 1. The fraction of sp³-hybridized carbons (Fsp3) is 0.513. The van der Waals surface area contributed by atoms with Crippen LogP contribution in [0.2, 0.25) is 18.1 Å². The molecule has 4 rings (SSSR count). The number of carbonyl (C=O) groups is 1. The minimum atomic E-state index is -2.46. The average molecular weight is 663 g/mol. The molecule has 7 nitrogen and oxygen atoms in total. The molecular formula is C39H54O7Si. The second kappa shape index (κ2) is 15.6. The maximum atomic E-state index is 14.5. The first-order chi connectivity index (χ1) is 22.2. The lowest BCUT2D eigenvalue weighted by Crippen LogP contribution is -2.65. The maximum Gasteiger partial charge on any atom is 0.192 e. The molecule has 0 radical (unpaired) electrons. The molecule has 0 bridgehead atoms. The highest BCUT2D eigenvalue weighted by Gasteiger charge is 2.57. The summed E-state index contributed by atoms with van der Waals surface area (Å²) in [5, 5.41) is 11.8. The molecule has 0 unspecified atom stereocenters. The van der Waals surface area contributed by atoms with Gasteiger partial charge in [0.15, 0.2) is 14.1 Å². The molecule has 1 N–H and O–H groups in total. The van der Waals surface area contributed by atoms with Crippen molar-refractivity contribution >= 4 is 14.1 Å². The summed E-state index contributed by atoms with van der Waals surface area (Å²) in [5.41, 5.74) is 2.02. The van der Waals surface area contributed by atoms with Gasteiger partial charge in [0.1, 0.15) is 18.0 Å². The first-order valence-electron chi connectivity index (χ1n) is 16.6. The van der Waals surface area contributed by atoms with Crippen molar-refractivity contribution in [2.75, 3.05) is 7.11 Å². The number of ketones is 1. The highest BCUT2D eigenvalue weighted by molar-refractivity contribution is 6.74. The number of hydrogen-bond acceptors (Lipinski definition) is 7. The predicted octanol–water partition coefficient (Wildman–Crippen LogP) is 7.75. The van der Waals surface area contributed by atoms with E-state index in [4.69, 9.17) is 23.4 Å². The number of ether oxygens (including phenoxy) is 4. The predicted molar refractivity (Wildman–Crippen MR) is 188 cm³/mol. The van der Waals surface area contributed by atoms with Crippen LogP contribution in [0.3, 0.4) is 0 Å². The Morgan fingerprint density at radius 2 is 1.23 bits per heavy atom. The molecule has 0 heterocycles. The van der Waals surface area contributed by atoms with Crippen molar-refractivity contribution in [2.24, 2.45) is 11.3 Å². The van der Waals surface area contributed by atoms with Gasteiger partial charge in [0.05, 0.1) is 45.2 Å². The molecule has 8 heteroatoms. The Morgan fingerprint density at radius 1 is 0.745 bits per heavy atom. The molecule has 1 aliphatic rings. The average Bonchev–Trinajstić information content (AvgIpc) is 3.05. The minimum Gasteiger partial charge on any atom is -0.497 e. The molecule has 47 heavy (non-hydrogen) atoms. The third-order valence-corrected chi connectivity index (χ3v) is 14.4. The summed E-state index contributed by atoms with van der Waals surface area (Å²) in [7, 11) is -0.825. The van der Waals surface area contributed by atoms with Gasteiger partial charge in [-0.15, -0.1) is 0 Å². The van der Waals surface area contributed by atoms with E-state index in [-0.39, 0.29) is 30.6 Å². The quantitative estimate of drug-likeness (QED) is 0.199. The standard InChI is InChI=1S/C39H54O7Si/c1-27-32(40)34(43-24-28-16-12-10-13-17-28)36(45-26-30-20-22-31(42-7)23-21-30)39(5,6)37(46-47(8,9)38(2,3)4)35(33(27)41)44-25-29-18-14-11-15-19-29/h10-23,27,32,34-37,40H,24-26H2,1-9H3/t27-,32-,34+,35+,36+,37+/m1/s1. The van der Waals surface area contributed by atoms with Crippen molar-refractivity contribution in [1.29, 1.82) is 0 Å². The van der Waals surface area contributed by atoms with E-state index in [1.54, 1.807) is 14.0 Å². The van der Waals surface area contributed by atoms with Gasteiger partial charge in [-0.05, 0) is 47.0 Å². The molecular weight excluding hydrogens is 609 g/mol. The minimum absolute atomic E-state index is 0.133. The lowest BCUT2D eigenvalue weighted by atomic mass is 9.69. The largest absolute Gasteiger partial charge is 0.497 e. The number of benzene rings is 3. The molecule has 6 atom stereocenters. The van der Waals surface area contributed by atoms with Crippen LogP contribution in [-0.2, 0) is 43.3 Å².